The fourth-order valence-electron chi connectivity index (χ4n) is 1.79. The molecular weight excluding hydrogens is 336 g/mol. The number of hydrogen-bond donors (Lipinski definition) is 1. The van der Waals surface area contributed by atoms with E-state index in [1.807, 2.05) is 29.6 Å². The lowest BCUT2D eigenvalue weighted by atomic mass is 10.2. The van der Waals surface area contributed by atoms with Crippen molar-refractivity contribution in [3.63, 3.8) is 0 Å². The molecule has 2 aromatic heterocycles. The third kappa shape index (κ3) is 3.69. The minimum Gasteiger partial charge on any atom is -0.417 e. The molecule has 0 spiro atoms. The molecule has 0 bridgehead atoms. The van der Waals surface area contributed by atoms with E-state index in [0.717, 1.165) is 10.4 Å². The lowest BCUT2D eigenvalue weighted by Crippen LogP contribution is -2.12. The molecule has 23 heavy (non-hydrogen) atoms. The summed E-state index contributed by atoms with van der Waals surface area (Å²) in [6.07, 6.45) is -0.519. The average Bonchev–Trinajstić information content (AvgIpc) is 3.23. The van der Waals surface area contributed by atoms with Crippen LogP contribution in [0.1, 0.15) is 23.8 Å². The van der Waals surface area contributed by atoms with E-state index in [0.29, 0.717) is 22.6 Å². The van der Waals surface area contributed by atoms with Crippen molar-refractivity contribution in [2.24, 2.45) is 10.9 Å². The second kappa shape index (κ2) is 6.80. The number of rotatable bonds is 5. The first-order valence-corrected chi connectivity index (χ1v) is 8.02. The van der Waals surface area contributed by atoms with Crippen LogP contribution >= 0.6 is 22.9 Å². The molecule has 0 saturated carbocycles. The first-order valence-electron chi connectivity index (χ1n) is 6.76. The van der Waals surface area contributed by atoms with Gasteiger partial charge in [-0.3, -0.25) is 0 Å². The molecule has 6 nitrogen and oxygen atoms in total. The molecule has 1 aromatic carbocycles. The zero-order valence-corrected chi connectivity index (χ0v) is 13.7. The molecule has 3 rings (SSSR count). The van der Waals surface area contributed by atoms with Gasteiger partial charge in [0.05, 0.1) is 4.88 Å². The Morgan fingerprint density at radius 3 is 2.96 bits per heavy atom. The second-order valence-electron chi connectivity index (χ2n) is 4.66. The first-order chi connectivity index (χ1) is 11.1. The zero-order valence-electron chi connectivity index (χ0n) is 12.1. The van der Waals surface area contributed by atoms with Gasteiger partial charge in [0.25, 0.3) is 5.89 Å². The van der Waals surface area contributed by atoms with Gasteiger partial charge in [-0.1, -0.05) is 28.9 Å². The smallest absolute Gasteiger partial charge is 0.259 e. The van der Waals surface area contributed by atoms with Crippen molar-refractivity contribution in [2.75, 3.05) is 0 Å². The predicted octanol–water partition coefficient (Wildman–Crippen LogP) is 3.85. The van der Waals surface area contributed by atoms with E-state index in [9.17, 15) is 0 Å². The molecule has 0 aliphatic carbocycles. The van der Waals surface area contributed by atoms with Crippen molar-refractivity contribution in [1.82, 2.24) is 10.2 Å². The van der Waals surface area contributed by atoms with Crippen LogP contribution in [0.25, 0.3) is 11.5 Å². The summed E-state index contributed by atoms with van der Waals surface area (Å²) in [4.78, 5) is 6.17. The number of oxime groups is 1. The van der Waals surface area contributed by atoms with E-state index in [-0.39, 0.29) is 0 Å². The Kier molecular flexibility index (Phi) is 4.59. The van der Waals surface area contributed by atoms with Gasteiger partial charge in [0.15, 0.2) is 5.84 Å². The minimum atomic E-state index is -0.519. The van der Waals surface area contributed by atoms with Crippen molar-refractivity contribution < 1.29 is 9.25 Å². The SMILES string of the molecule is C[C@H](O/N=C(\N)c1cccs1)c1nnc(-c2cccc(Cl)c2)o1. The topological polar surface area (TPSA) is 86.5 Å². The van der Waals surface area contributed by atoms with Crippen molar-refractivity contribution in [3.05, 3.63) is 57.6 Å². The second-order valence-corrected chi connectivity index (χ2v) is 6.04. The van der Waals surface area contributed by atoms with E-state index < -0.39 is 6.10 Å². The fraction of sp³-hybridized carbons (Fsp3) is 0.133. The summed E-state index contributed by atoms with van der Waals surface area (Å²) < 4.78 is 5.60. The van der Waals surface area contributed by atoms with Crippen LogP contribution in [-0.2, 0) is 4.84 Å². The number of benzene rings is 1. The highest BCUT2D eigenvalue weighted by Gasteiger charge is 2.17. The van der Waals surface area contributed by atoms with Crippen LogP contribution in [-0.4, -0.2) is 16.0 Å². The van der Waals surface area contributed by atoms with Gasteiger partial charge in [-0.05, 0) is 36.6 Å². The summed E-state index contributed by atoms with van der Waals surface area (Å²) in [5, 5.41) is 14.4. The number of nitrogens with two attached hydrogens (primary N) is 1. The number of amidine groups is 1. The highest BCUT2D eigenvalue weighted by molar-refractivity contribution is 7.12. The standard InChI is InChI=1S/C15H13ClN4O2S/c1-9(22-20-13(17)12-6-3-7-23-12)14-18-19-15(21-14)10-4-2-5-11(16)8-10/h2-9H,1H3,(H2,17,20)/t9-/m0/s1. The highest BCUT2D eigenvalue weighted by Crippen LogP contribution is 2.24. The van der Waals surface area contributed by atoms with Crippen LogP contribution in [0.4, 0.5) is 0 Å². The highest BCUT2D eigenvalue weighted by atomic mass is 35.5. The van der Waals surface area contributed by atoms with Gasteiger partial charge >= 0.3 is 0 Å². The van der Waals surface area contributed by atoms with Crippen LogP contribution in [0, 0.1) is 0 Å². The van der Waals surface area contributed by atoms with E-state index in [2.05, 4.69) is 15.4 Å². The van der Waals surface area contributed by atoms with E-state index in [1.54, 1.807) is 19.1 Å². The quantitative estimate of drug-likeness (QED) is 0.430. The minimum absolute atomic E-state index is 0.307. The van der Waals surface area contributed by atoms with Gasteiger partial charge in [0.2, 0.25) is 12.0 Å². The van der Waals surface area contributed by atoms with Crippen LogP contribution in [0.15, 0.2) is 51.4 Å². The van der Waals surface area contributed by atoms with Crippen molar-refractivity contribution in [3.8, 4) is 11.5 Å². The van der Waals surface area contributed by atoms with Crippen molar-refractivity contribution in [2.45, 2.75) is 13.0 Å². The zero-order chi connectivity index (χ0) is 16.2. The summed E-state index contributed by atoms with van der Waals surface area (Å²) in [5.74, 6) is 0.984. The van der Waals surface area contributed by atoms with Gasteiger partial charge in [0.1, 0.15) is 0 Å². The Balaban J connectivity index is 1.71. The van der Waals surface area contributed by atoms with Crippen molar-refractivity contribution in [1.29, 1.82) is 0 Å². The number of halogens is 1. The maximum Gasteiger partial charge on any atom is 0.259 e. The Bertz CT molecular complexity index is 817. The van der Waals surface area contributed by atoms with Crippen LogP contribution < -0.4 is 5.73 Å². The third-order valence-electron chi connectivity index (χ3n) is 2.94. The average molecular weight is 349 g/mol. The molecule has 0 unspecified atom stereocenters. The summed E-state index contributed by atoms with van der Waals surface area (Å²) in [6.45, 7) is 1.75. The molecule has 8 heteroatoms. The molecule has 3 aromatic rings. The normalized spacial score (nSPS) is 13.0. The van der Waals surface area contributed by atoms with Gasteiger partial charge < -0.3 is 15.0 Å². The monoisotopic (exact) mass is 348 g/mol. The Labute approximate surface area is 141 Å². The van der Waals surface area contributed by atoms with E-state index >= 15 is 0 Å². The molecule has 118 valence electrons. The lowest BCUT2D eigenvalue weighted by molar-refractivity contribution is 0.0527. The summed E-state index contributed by atoms with van der Waals surface area (Å²) in [5.41, 5.74) is 6.57. The molecule has 0 aliphatic rings. The molecule has 0 aliphatic heterocycles. The summed E-state index contributed by atoms with van der Waals surface area (Å²) in [6, 6.07) is 10.9. The molecule has 2 N–H and O–H groups in total. The summed E-state index contributed by atoms with van der Waals surface area (Å²) >= 11 is 7.43. The van der Waals surface area contributed by atoms with E-state index in [1.165, 1.54) is 11.3 Å². The molecule has 0 fully saturated rings. The Hall–Kier alpha value is -2.38. The molecule has 0 saturated heterocycles. The van der Waals surface area contributed by atoms with Crippen LogP contribution in [0.2, 0.25) is 5.02 Å². The van der Waals surface area contributed by atoms with Gasteiger partial charge in [-0.2, -0.15) is 0 Å². The number of hydrogen-bond acceptors (Lipinski definition) is 6. The number of aromatic nitrogens is 2. The molecule has 0 radical (unpaired) electrons. The summed E-state index contributed by atoms with van der Waals surface area (Å²) in [7, 11) is 0. The third-order valence-corrected chi connectivity index (χ3v) is 4.07. The fourth-order valence-corrected chi connectivity index (χ4v) is 2.60. The Morgan fingerprint density at radius 1 is 1.35 bits per heavy atom. The van der Waals surface area contributed by atoms with Gasteiger partial charge in [-0.15, -0.1) is 21.5 Å². The van der Waals surface area contributed by atoms with Crippen molar-refractivity contribution >= 4 is 28.8 Å². The first kappa shape index (κ1) is 15.5. The maximum absolute atomic E-state index is 5.95. The lowest BCUT2D eigenvalue weighted by Gasteiger charge is -2.05. The molecule has 0 amide bonds. The predicted molar refractivity (Wildman–Crippen MR) is 89.3 cm³/mol. The van der Waals surface area contributed by atoms with Crippen LogP contribution in [0.3, 0.4) is 0 Å². The molecule has 2 heterocycles. The van der Waals surface area contributed by atoms with Crippen LogP contribution in [0.5, 0.6) is 0 Å². The number of nitrogens with zero attached hydrogens (tertiary/aromatic N) is 3. The molecular formula is C15H13ClN4O2S. The number of thiophene rings is 1. The van der Waals surface area contributed by atoms with Gasteiger partial charge in [-0.25, -0.2) is 0 Å². The van der Waals surface area contributed by atoms with Gasteiger partial charge in [0, 0.05) is 10.6 Å². The molecule has 1 atom stereocenters. The van der Waals surface area contributed by atoms with E-state index in [4.69, 9.17) is 26.6 Å². The largest absolute Gasteiger partial charge is 0.417 e. The maximum atomic E-state index is 5.95. The Morgan fingerprint density at radius 2 is 2.22 bits per heavy atom.